The van der Waals surface area contributed by atoms with Gasteiger partial charge in [0.05, 0.1) is 6.54 Å². The van der Waals surface area contributed by atoms with Crippen LogP contribution < -0.4 is 0 Å². The van der Waals surface area contributed by atoms with Crippen LogP contribution in [-0.2, 0) is 4.74 Å². The Hall–Kier alpha value is -0.730. The summed E-state index contributed by atoms with van der Waals surface area (Å²) >= 11 is 0. The van der Waals surface area contributed by atoms with E-state index in [0.29, 0.717) is 0 Å². The van der Waals surface area contributed by atoms with Crippen LogP contribution in [0.25, 0.3) is 0 Å². The number of carbonyl (C=O) groups excluding carboxylic acids is 1. The van der Waals surface area contributed by atoms with Gasteiger partial charge in [-0.05, 0) is 13.8 Å². The van der Waals surface area contributed by atoms with Crippen LogP contribution >= 0.6 is 0 Å². The Morgan fingerprint density at radius 3 is 2.23 bits per heavy atom. The molecule has 0 spiro atoms. The molecule has 0 bridgehead atoms. The van der Waals surface area contributed by atoms with Gasteiger partial charge in [0.15, 0.2) is 0 Å². The maximum Gasteiger partial charge on any atom is 0.410 e. The average Bonchev–Trinajstić information content (AvgIpc) is 2.29. The average molecular weight is 185 g/mol. The fraction of sp³-hybridized carbons (Fsp3) is 0.900. The Morgan fingerprint density at radius 1 is 1.46 bits per heavy atom. The molecule has 0 saturated carbocycles. The van der Waals surface area contributed by atoms with Crippen LogP contribution in [0.15, 0.2) is 0 Å². The summed E-state index contributed by atoms with van der Waals surface area (Å²) in [6.07, 6.45) is -0.141. The molecule has 1 amide bonds. The first-order valence-electron chi connectivity index (χ1n) is 4.79. The van der Waals surface area contributed by atoms with Crippen molar-refractivity contribution in [2.24, 2.45) is 5.41 Å². The summed E-state index contributed by atoms with van der Waals surface area (Å²) in [5.41, 5.74) is 0.0410. The summed E-state index contributed by atoms with van der Waals surface area (Å²) in [6, 6.07) is 0.236. The van der Waals surface area contributed by atoms with Crippen LogP contribution in [0.4, 0.5) is 4.79 Å². The normalized spacial score (nSPS) is 24.0. The monoisotopic (exact) mass is 185 g/mol. The smallest absolute Gasteiger partial charge is 0.410 e. The van der Waals surface area contributed by atoms with E-state index < -0.39 is 0 Å². The molecular weight excluding hydrogens is 166 g/mol. The zero-order chi connectivity index (χ0) is 10.2. The lowest BCUT2D eigenvalue weighted by Gasteiger charge is -2.24. The molecule has 1 rings (SSSR count). The second kappa shape index (κ2) is 3.20. The number of rotatable bonds is 1. The molecule has 1 unspecified atom stereocenters. The van der Waals surface area contributed by atoms with Gasteiger partial charge in [-0.2, -0.15) is 0 Å². The molecule has 1 aliphatic rings. The van der Waals surface area contributed by atoms with Gasteiger partial charge in [0.25, 0.3) is 0 Å². The first-order valence-corrected chi connectivity index (χ1v) is 4.79. The molecule has 1 fully saturated rings. The molecular formula is C10H19NO2. The predicted molar refractivity (Wildman–Crippen MR) is 51.6 cm³/mol. The van der Waals surface area contributed by atoms with Crippen LogP contribution in [0.2, 0.25) is 0 Å². The summed E-state index contributed by atoms with van der Waals surface area (Å²) in [6.45, 7) is 11.0. The first-order chi connectivity index (χ1) is 5.82. The highest BCUT2D eigenvalue weighted by atomic mass is 16.6. The lowest BCUT2D eigenvalue weighted by Crippen LogP contribution is -2.34. The van der Waals surface area contributed by atoms with Crippen molar-refractivity contribution < 1.29 is 9.53 Å². The van der Waals surface area contributed by atoms with Crippen molar-refractivity contribution in [3.63, 3.8) is 0 Å². The molecule has 13 heavy (non-hydrogen) atoms. The van der Waals surface area contributed by atoms with Crippen molar-refractivity contribution in [2.45, 2.75) is 46.8 Å². The van der Waals surface area contributed by atoms with E-state index in [0.717, 1.165) is 6.54 Å². The molecule has 0 aromatic heterocycles. The van der Waals surface area contributed by atoms with Gasteiger partial charge >= 0.3 is 6.09 Å². The molecule has 0 radical (unpaired) electrons. The minimum Gasteiger partial charge on any atom is -0.444 e. The number of ether oxygens (including phenoxy) is 1. The molecule has 3 heteroatoms. The second-order valence-corrected chi connectivity index (χ2v) is 4.98. The van der Waals surface area contributed by atoms with Crippen molar-refractivity contribution in [2.75, 3.05) is 6.54 Å². The van der Waals surface area contributed by atoms with Crippen molar-refractivity contribution >= 4 is 6.09 Å². The number of carbonyl (C=O) groups is 1. The number of nitrogens with zero attached hydrogens (tertiary/aromatic N) is 1. The topological polar surface area (TPSA) is 29.5 Å². The summed E-state index contributed by atoms with van der Waals surface area (Å²) in [5.74, 6) is 0. The Morgan fingerprint density at radius 2 is 2.00 bits per heavy atom. The van der Waals surface area contributed by atoms with Crippen molar-refractivity contribution in [1.82, 2.24) is 4.90 Å². The van der Waals surface area contributed by atoms with E-state index in [1.54, 1.807) is 4.90 Å². The van der Waals surface area contributed by atoms with Gasteiger partial charge < -0.3 is 9.64 Å². The summed E-state index contributed by atoms with van der Waals surface area (Å²) in [5, 5.41) is 0. The SMILES string of the molecule is CC(C)N1CC(C(C)(C)C)OC1=O. The Labute approximate surface area is 80.1 Å². The van der Waals surface area contributed by atoms with Gasteiger partial charge in [0, 0.05) is 11.5 Å². The fourth-order valence-electron chi connectivity index (χ4n) is 1.35. The molecule has 1 saturated heterocycles. The molecule has 0 aliphatic carbocycles. The minimum absolute atomic E-state index is 0.0300. The molecule has 1 aliphatic heterocycles. The third-order valence-corrected chi connectivity index (χ3v) is 2.43. The lowest BCUT2D eigenvalue weighted by atomic mass is 9.89. The Bertz CT molecular complexity index is 205. The van der Waals surface area contributed by atoms with E-state index >= 15 is 0 Å². The maximum absolute atomic E-state index is 11.4. The number of amides is 1. The molecule has 0 aromatic rings. The van der Waals surface area contributed by atoms with E-state index in [4.69, 9.17) is 4.74 Å². The standard InChI is InChI=1S/C10H19NO2/c1-7(2)11-6-8(10(3,4)5)13-9(11)12/h7-8H,6H2,1-5H3. The predicted octanol–water partition coefficient (Wildman–Crippen LogP) is 2.26. The third-order valence-electron chi connectivity index (χ3n) is 2.43. The van der Waals surface area contributed by atoms with Crippen molar-refractivity contribution in [1.29, 1.82) is 0 Å². The summed E-state index contributed by atoms with van der Waals surface area (Å²) in [4.78, 5) is 13.2. The maximum atomic E-state index is 11.4. The Balaban J connectivity index is 2.66. The minimum atomic E-state index is -0.171. The number of cyclic esters (lactones) is 1. The van der Waals surface area contributed by atoms with Gasteiger partial charge in [-0.1, -0.05) is 20.8 Å². The van der Waals surface area contributed by atoms with Crippen LogP contribution in [0.5, 0.6) is 0 Å². The first kappa shape index (κ1) is 10.4. The van der Waals surface area contributed by atoms with E-state index in [-0.39, 0.29) is 23.7 Å². The van der Waals surface area contributed by atoms with Crippen LogP contribution in [0, 0.1) is 5.41 Å². The van der Waals surface area contributed by atoms with Gasteiger partial charge in [-0.25, -0.2) is 4.79 Å². The van der Waals surface area contributed by atoms with Gasteiger partial charge in [0.2, 0.25) is 0 Å². The highest BCUT2D eigenvalue weighted by Crippen LogP contribution is 2.28. The number of hydrogen-bond acceptors (Lipinski definition) is 2. The fourth-order valence-corrected chi connectivity index (χ4v) is 1.35. The molecule has 3 nitrogen and oxygen atoms in total. The van der Waals surface area contributed by atoms with Crippen molar-refractivity contribution in [3.8, 4) is 0 Å². The lowest BCUT2D eigenvalue weighted by molar-refractivity contribution is 0.0722. The van der Waals surface area contributed by atoms with Gasteiger partial charge in [0.1, 0.15) is 6.10 Å². The molecule has 1 heterocycles. The highest BCUT2D eigenvalue weighted by Gasteiger charge is 2.39. The van der Waals surface area contributed by atoms with E-state index in [1.165, 1.54) is 0 Å². The number of hydrogen-bond donors (Lipinski definition) is 0. The van der Waals surface area contributed by atoms with Crippen molar-refractivity contribution in [3.05, 3.63) is 0 Å². The zero-order valence-corrected chi connectivity index (χ0v) is 9.13. The summed E-state index contributed by atoms with van der Waals surface area (Å²) in [7, 11) is 0. The van der Waals surface area contributed by atoms with Crippen LogP contribution in [-0.4, -0.2) is 29.7 Å². The Kier molecular flexibility index (Phi) is 2.55. The van der Waals surface area contributed by atoms with Crippen LogP contribution in [0.1, 0.15) is 34.6 Å². The van der Waals surface area contributed by atoms with Crippen LogP contribution in [0.3, 0.4) is 0 Å². The van der Waals surface area contributed by atoms with Gasteiger partial charge in [-0.3, -0.25) is 0 Å². The second-order valence-electron chi connectivity index (χ2n) is 4.98. The largest absolute Gasteiger partial charge is 0.444 e. The zero-order valence-electron chi connectivity index (χ0n) is 9.13. The molecule has 1 atom stereocenters. The third kappa shape index (κ3) is 2.14. The highest BCUT2D eigenvalue weighted by molar-refractivity contribution is 5.70. The van der Waals surface area contributed by atoms with E-state index in [1.807, 2.05) is 13.8 Å². The molecule has 0 aromatic carbocycles. The summed E-state index contributed by atoms with van der Waals surface area (Å²) < 4.78 is 5.29. The van der Waals surface area contributed by atoms with E-state index in [9.17, 15) is 4.79 Å². The molecule has 76 valence electrons. The quantitative estimate of drug-likeness (QED) is 0.627. The molecule has 0 N–H and O–H groups in total. The van der Waals surface area contributed by atoms with E-state index in [2.05, 4.69) is 20.8 Å². The van der Waals surface area contributed by atoms with Gasteiger partial charge in [-0.15, -0.1) is 0 Å².